The van der Waals surface area contributed by atoms with Crippen LogP contribution in [0.3, 0.4) is 0 Å². The first-order valence-corrected chi connectivity index (χ1v) is 10.3. The molecule has 1 saturated heterocycles. The zero-order chi connectivity index (χ0) is 19.7. The average Bonchev–Trinajstić information content (AvgIpc) is 3.25. The Morgan fingerprint density at radius 3 is 2.36 bits per heavy atom. The molecule has 0 spiro atoms. The third kappa shape index (κ3) is 2.88. The number of carbonyl (C=O) groups is 3. The van der Waals surface area contributed by atoms with E-state index in [0.29, 0.717) is 16.1 Å². The molecular formula is C22H21NO4S. The zero-order valence-corrected chi connectivity index (χ0v) is 16.5. The molecule has 4 rings (SSSR count). The third-order valence-corrected chi connectivity index (χ3v) is 6.19. The van der Waals surface area contributed by atoms with Gasteiger partial charge in [0.1, 0.15) is 0 Å². The van der Waals surface area contributed by atoms with Crippen molar-refractivity contribution in [3.8, 4) is 0 Å². The fraction of sp³-hybridized carbons (Fsp3) is 0.318. The van der Waals surface area contributed by atoms with Gasteiger partial charge >= 0.3 is 5.97 Å². The van der Waals surface area contributed by atoms with Crippen LogP contribution in [0.2, 0.25) is 0 Å². The molecule has 6 heteroatoms. The first-order chi connectivity index (χ1) is 13.6. The number of hydrogen-bond donors (Lipinski definition) is 0. The van der Waals surface area contributed by atoms with Gasteiger partial charge in [-0.1, -0.05) is 36.4 Å². The third-order valence-electron chi connectivity index (χ3n) is 5.22. The van der Waals surface area contributed by atoms with Gasteiger partial charge in [-0.05, 0) is 30.7 Å². The van der Waals surface area contributed by atoms with Crippen molar-refractivity contribution in [2.75, 3.05) is 13.1 Å². The van der Waals surface area contributed by atoms with Crippen molar-refractivity contribution in [3.63, 3.8) is 0 Å². The van der Waals surface area contributed by atoms with E-state index in [4.69, 9.17) is 4.74 Å². The van der Waals surface area contributed by atoms with E-state index in [1.54, 1.807) is 30.3 Å². The summed E-state index contributed by atoms with van der Waals surface area (Å²) in [6.45, 7) is 2.78. The number of benzene rings is 1. The second kappa shape index (κ2) is 7.36. The molecule has 2 aromatic rings. The van der Waals surface area contributed by atoms with E-state index in [1.165, 1.54) is 18.3 Å². The molecule has 1 aromatic heterocycles. The topological polar surface area (TPSA) is 63.7 Å². The summed E-state index contributed by atoms with van der Waals surface area (Å²) in [7, 11) is 0. The van der Waals surface area contributed by atoms with E-state index in [1.807, 2.05) is 17.5 Å². The van der Waals surface area contributed by atoms with E-state index in [9.17, 15) is 14.4 Å². The molecule has 5 nitrogen and oxygen atoms in total. The molecule has 1 aliphatic heterocycles. The lowest BCUT2D eigenvalue weighted by atomic mass is 9.71. The van der Waals surface area contributed by atoms with E-state index >= 15 is 0 Å². The first kappa shape index (κ1) is 18.6. The first-order valence-electron chi connectivity index (χ1n) is 9.43. The van der Waals surface area contributed by atoms with E-state index in [0.717, 1.165) is 32.4 Å². The quantitative estimate of drug-likeness (QED) is 0.439. The second-order valence-corrected chi connectivity index (χ2v) is 8.00. The van der Waals surface area contributed by atoms with Gasteiger partial charge in [0, 0.05) is 25.6 Å². The summed E-state index contributed by atoms with van der Waals surface area (Å²) in [6, 6.07) is 12.4. The highest BCUT2D eigenvalue weighted by molar-refractivity contribution is 7.10. The Labute approximate surface area is 167 Å². The molecule has 144 valence electrons. The number of Topliss-reactive ketones (excluding diaryl/α,β-unsaturated/α-hetero) is 2. The Bertz CT molecular complexity index is 942. The molecule has 1 unspecified atom stereocenters. The molecule has 1 aliphatic carbocycles. The Balaban J connectivity index is 1.89. The molecule has 2 heterocycles. The van der Waals surface area contributed by atoms with Crippen LogP contribution in [-0.4, -0.2) is 35.5 Å². The minimum atomic E-state index is -1.50. The van der Waals surface area contributed by atoms with E-state index < -0.39 is 17.4 Å². The number of likely N-dealkylation sites (tertiary alicyclic amines) is 1. The summed E-state index contributed by atoms with van der Waals surface area (Å²) < 4.78 is 5.68. The maximum Gasteiger partial charge on any atom is 0.304 e. The number of carbonyl (C=O) groups excluding carboxylic acids is 3. The van der Waals surface area contributed by atoms with Crippen LogP contribution in [0.15, 0.2) is 59.1 Å². The number of rotatable bonds is 5. The number of hydrogen-bond acceptors (Lipinski definition) is 6. The second-order valence-electron chi connectivity index (χ2n) is 7.05. The Morgan fingerprint density at radius 1 is 1.04 bits per heavy atom. The lowest BCUT2D eigenvalue weighted by Crippen LogP contribution is -2.58. The molecule has 1 atom stereocenters. The van der Waals surface area contributed by atoms with Crippen molar-refractivity contribution in [2.24, 2.45) is 0 Å². The van der Waals surface area contributed by atoms with Gasteiger partial charge < -0.3 is 9.64 Å². The van der Waals surface area contributed by atoms with Crippen LogP contribution in [0.1, 0.15) is 41.4 Å². The molecule has 0 saturated carbocycles. The van der Waals surface area contributed by atoms with Crippen molar-refractivity contribution in [2.45, 2.75) is 31.8 Å². The van der Waals surface area contributed by atoms with Crippen molar-refractivity contribution < 1.29 is 19.1 Å². The predicted octanol–water partition coefficient (Wildman–Crippen LogP) is 3.71. The zero-order valence-electron chi connectivity index (χ0n) is 15.6. The highest BCUT2D eigenvalue weighted by Gasteiger charge is 2.62. The van der Waals surface area contributed by atoms with Crippen LogP contribution >= 0.6 is 11.3 Å². The standard InChI is InChI=1S/C22H21NO4S/c1-15(24)27-22(17-11-8-14-28-17)20(23-12-6-3-7-13-23)18(21(22)26)19(25)16-9-4-2-5-10-16/h2,4-5,8-11,14H,3,6-7,12-13H2,1H3. The van der Waals surface area contributed by atoms with Gasteiger partial charge in [0.05, 0.1) is 16.1 Å². The SMILES string of the molecule is CC(=O)OC1(c2cccs2)C(=O)C(C(=O)c2ccccc2)=C1N1CCCCC1. The summed E-state index contributed by atoms with van der Waals surface area (Å²) in [6.07, 6.45) is 3.06. The summed E-state index contributed by atoms with van der Waals surface area (Å²) in [5.41, 5.74) is -0.355. The maximum atomic E-state index is 13.4. The smallest absolute Gasteiger partial charge is 0.304 e. The maximum absolute atomic E-state index is 13.4. The van der Waals surface area contributed by atoms with Crippen LogP contribution < -0.4 is 0 Å². The molecule has 0 radical (unpaired) electrons. The molecular weight excluding hydrogens is 374 g/mol. The van der Waals surface area contributed by atoms with Crippen LogP contribution in [0.4, 0.5) is 0 Å². The number of esters is 1. The molecule has 0 N–H and O–H groups in total. The molecule has 1 aromatic carbocycles. The normalized spacial score (nSPS) is 22.0. The fourth-order valence-electron chi connectivity index (χ4n) is 4.02. The van der Waals surface area contributed by atoms with Gasteiger partial charge in [0.15, 0.2) is 5.78 Å². The van der Waals surface area contributed by atoms with Gasteiger partial charge in [-0.25, -0.2) is 0 Å². The highest BCUT2D eigenvalue weighted by Crippen LogP contribution is 2.51. The summed E-state index contributed by atoms with van der Waals surface area (Å²) in [5.74, 6) is -1.28. The van der Waals surface area contributed by atoms with Crippen molar-refractivity contribution >= 4 is 28.9 Å². The molecule has 0 bridgehead atoms. The van der Waals surface area contributed by atoms with Gasteiger partial charge in [-0.15, -0.1) is 11.3 Å². The lowest BCUT2D eigenvalue weighted by Gasteiger charge is -2.47. The van der Waals surface area contributed by atoms with Gasteiger partial charge in [-0.2, -0.15) is 0 Å². The van der Waals surface area contributed by atoms with Crippen molar-refractivity contribution in [1.29, 1.82) is 0 Å². The number of nitrogens with zero attached hydrogens (tertiary/aromatic N) is 1. The highest BCUT2D eigenvalue weighted by atomic mass is 32.1. The summed E-state index contributed by atoms with van der Waals surface area (Å²) in [4.78, 5) is 41.3. The largest absolute Gasteiger partial charge is 0.438 e. The molecule has 0 amide bonds. The van der Waals surface area contributed by atoms with Crippen LogP contribution in [0.25, 0.3) is 0 Å². The van der Waals surface area contributed by atoms with Gasteiger partial charge in [0.25, 0.3) is 0 Å². The average molecular weight is 395 g/mol. The van der Waals surface area contributed by atoms with Crippen LogP contribution in [0, 0.1) is 0 Å². The van der Waals surface area contributed by atoms with Crippen LogP contribution in [0.5, 0.6) is 0 Å². The van der Waals surface area contributed by atoms with E-state index in [-0.39, 0.29) is 11.4 Å². The molecule has 2 aliphatic rings. The number of ketones is 2. The monoisotopic (exact) mass is 395 g/mol. The fourth-order valence-corrected chi connectivity index (χ4v) is 4.87. The van der Waals surface area contributed by atoms with E-state index in [2.05, 4.69) is 4.90 Å². The Hall–Kier alpha value is -2.73. The lowest BCUT2D eigenvalue weighted by molar-refractivity contribution is -0.166. The molecule has 28 heavy (non-hydrogen) atoms. The van der Waals surface area contributed by atoms with Gasteiger partial charge in [0.2, 0.25) is 11.4 Å². The number of ether oxygens (including phenoxy) is 1. The Kier molecular flexibility index (Phi) is 4.89. The number of thiophene rings is 1. The van der Waals surface area contributed by atoms with Crippen LogP contribution in [-0.2, 0) is 19.9 Å². The minimum absolute atomic E-state index is 0.141. The van der Waals surface area contributed by atoms with Crippen molar-refractivity contribution in [1.82, 2.24) is 4.90 Å². The summed E-state index contributed by atoms with van der Waals surface area (Å²) >= 11 is 1.36. The minimum Gasteiger partial charge on any atom is -0.438 e. The Morgan fingerprint density at radius 2 is 1.75 bits per heavy atom. The number of piperidine rings is 1. The predicted molar refractivity (Wildman–Crippen MR) is 106 cm³/mol. The molecule has 1 fully saturated rings. The summed E-state index contributed by atoms with van der Waals surface area (Å²) in [5, 5.41) is 1.85. The van der Waals surface area contributed by atoms with Gasteiger partial charge in [-0.3, -0.25) is 14.4 Å². The van der Waals surface area contributed by atoms with Crippen molar-refractivity contribution in [3.05, 3.63) is 69.6 Å².